The van der Waals surface area contributed by atoms with Gasteiger partial charge in [0.25, 0.3) is 11.8 Å². The fourth-order valence-electron chi connectivity index (χ4n) is 1.47. The molecule has 1 aromatic carbocycles. The molecule has 1 atom stereocenters. The van der Waals surface area contributed by atoms with Crippen molar-refractivity contribution in [2.24, 2.45) is 5.73 Å². The Morgan fingerprint density at radius 2 is 1.81 bits per heavy atom. The lowest BCUT2D eigenvalue weighted by molar-refractivity contribution is -0.184. The number of halogens is 3. The molecule has 1 unspecified atom stereocenters. The van der Waals surface area contributed by atoms with Gasteiger partial charge in [-0.1, -0.05) is 0 Å². The maximum absolute atomic E-state index is 12.7. The van der Waals surface area contributed by atoms with Gasteiger partial charge in [0.1, 0.15) is 0 Å². The molecule has 1 rings (SSSR count). The van der Waals surface area contributed by atoms with Gasteiger partial charge in [-0.2, -0.15) is 13.2 Å². The zero-order valence-electron chi connectivity index (χ0n) is 11.8. The van der Waals surface area contributed by atoms with Gasteiger partial charge in [-0.05, 0) is 37.6 Å². The number of hydrogen-bond donors (Lipinski definition) is 3. The zero-order chi connectivity index (χ0) is 16.4. The lowest BCUT2D eigenvalue weighted by Gasteiger charge is -2.26. The highest BCUT2D eigenvalue weighted by Crippen LogP contribution is 2.29. The minimum atomic E-state index is -4.87. The van der Waals surface area contributed by atoms with Gasteiger partial charge in [0, 0.05) is 18.3 Å². The summed E-state index contributed by atoms with van der Waals surface area (Å²) in [5.41, 5.74) is 2.97. The van der Waals surface area contributed by atoms with Crippen LogP contribution in [0.25, 0.3) is 0 Å². The third-order valence-corrected chi connectivity index (χ3v) is 3.02. The standard InChI is InChI=1S/C13H16F3N3O2/c1-7-6-8(10(20)18-3)4-5-9(7)19-11(21)12(2,17)13(14,15)16/h4-6H,17H2,1-3H3,(H,18,20)(H,19,21). The highest BCUT2D eigenvalue weighted by atomic mass is 19.4. The van der Waals surface area contributed by atoms with Crippen LogP contribution in [-0.4, -0.2) is 30.6 Å². The number of carbonyl (C=O) groups excluding carboxylic acids is 2. The van der Waals surface area contributed by atoms with Gasteiger partial charge < -0.3 is 16.4 Å². The van der Waals surface area contributed by atoms with E-state index in [0.29, 0.717) is 18.1 Å². The van der Waals surface area contributed by atoms with Crippen molar-refractivity contribution in [3.8, 4) is 0 Å². The van der Waals surface area contributed by atoms with Crippen molar-refractivity contribution >= 4 is 17.5 Å². The number of alkyl halides is 3. The lowest BCUT2D eigenvalue weighted by Crippen LogP contribution is -2.59. The van der Waals surface area contributed by atoms with E-state index in [4.69, 9.17) is 5.73 Å². The molecule has 0 fully saturated rings. The van der Waals surface area contributed by atoms with Crippen LogP contribution in [0, 0.1) is 6.92 Å². The van der Waals surface area contributed by atoms with E-state index in [1.807, 2.05) is 0 Å². The number of aryl methyl sites for hydroxylation is 1. The van der Waals surface area contributed by atoms with Crippen molar-refractivity contribution in [1.82, 2.24) is 5.32 Å². The van der Waals surface area contributed by atoms with E-state index in [1.54, 1.807) is 6.92 Å². The summed E-state index contributed by atoms with van der Waals surface area (Å²) in [6.45, 7) is 2.15. The largest absolute Gasteiger partial charge is 0.415 e. The van der Waals surface area contributed by atoms with Crippen molar-refractivity contribution in [3.63, 3.8) is 0 Å². The van der Waals surface area contributed by atoms with Crippen LogP contribution in [0.4, 0.5) is 18.9 Å². The van der Waals surface area contributed by atoms with Gasteiger partial charge in [-0.3, -0.25) is 9.59 Å². The molecule has 0 heterocycles. The molecule has 8 heteroatoms. The first-order chi connectivity index (χ1) is 9.50. The van der Waals surface area contributed by atoms with Crippen LogP contribution < -0.4 is 16.4 Å². The fourth-order valence-corrected chi connectivity index (χ4v) is 1.47. The molecule has 0 bridgehead atoms. The third-order valence-electron chi connectivity index (χ3n) is 3.02. The number of amides is 2. The molecule has 1 aromatic rings. The van der Waals surface area contributed by atoms with Crippen molar-refractivity contribution < 1.29 is 22.8 Å². The molecule has 21 heavy (non-hydrogen) atoms. The number of benzene rings is 1. The SMILES string of the molecule is CNC(=O)c1ccc(NC(=O)C(C)(N)C(F)(F)F)c(C)c1. The number of anilines is 1. The molecule has 0 saturated carbocycles. The quantitative estimate of drug-likeness (QED) is 0.792. The first-order valence-electron chi connectivity index (χ1n) is 6.00. The smallest absolute Gasteiger partial charge is 0.355 e. The van der Waals surface area contributed by atoms with Crippen LogP contribution in [0.3, 0.4) is 0 Å². The molecule has 0 spiro atoms. The second kappa shape index (κ2) is 5.72. The fraction of sp³-hybridized carbons (Fsp3) is 0.385. The lowest BCUT2D eigenvalue weighted by atomic mass is 10.0. The van der Waals surface area contributed by atoms with Crippen LogP contribution in [0.2, 0.25) is 0 Å². The normalized spacial score (nSPS) is 14.2. The van der Waals surface area contributed by atoms with Gasteiger partial charge in [-0.15, -0.1) is 0 Å². The van der Waals surface area contributed by atoms with E-state index in [-0.39, 0.29) is 11.6 Å². The molecule has 0 saturated heterocycles. The van der Waals surface area contributed by atoms with E-state index in [9.17, 15) is 22.8 Å². The third kappa shape index (κ3) is 3.52. The van der Waals surface area contributed by atoms with Crippen molar-refractivity contribution in [2.45, 2.75) is 25.6 Å². The van der Waals surface area contributed by atoms with Gasteiger partial charge >= 0.3 is 6.18 Å². The van der Waals surface area contributed by atoms with Crippen LogP contribution in [0.15, 0.2) is 18.2 Å². The molecular weight excluding hydrogens is 287 g/mol. The first kappa shape index (κ1) is 17.0. The highest BCUT2D eigenvalue weighted by Gasteiger charge is 2.54. The summed E-state index contributed by atoms with van der Waals surface area (Å²) in [5.74, 6) is -1.71. The summed E-state index contributed by atoms with van der Waals surface area (Å²) < 4.78 is 38.0. The first-order valence-corrected chi connectivity index (χ1v) is 6.00. The molecule has 0 aliphatic heterocycles. The van der Waals surface area contributed by atoms with E-state index in [1.165, 1.54) is 25.2 Å². The Bertz CT molecular complexity index is 568. The predicted octanol–water partition coefficient (Wildman–Crippen LogP) is 1.57. The molecular formula is C13H16F3N3O2. The summed E-state index contributed by atoms with van der Waals surface area (Å²) in [6, 6.07) is 4.20. The Morgan fingerprint density at radius 1 is 1.24 bits per heavy atom. The summed E-state index contributed by atoms with van der Waals surface area (Å²) >= 11 is 0. The van der Waals surface area contributed by atoms with E-state index >= 15 is 0 Å². The highest BCUT2D eigenvalue weighted by molar-refractivity contribution is 6.00. The summed E-state index contributed by atoms with van der Waals surface area (Å²) in [4.78, 5) is 23.1. The molecule has 0 aliphatic carbocycles. The zero-order valence-corrected chi connectivity index (χ0v) is 11.8. The van der Waals surface area contributed by atoms with Crippen LogP contribution in [-0.2, 0) is 4.79 Å². The molecule has 116 valence electrons. The van der Waals surface area contributed by atoms with Crippen LogP contribution in [0.1, 0.15) is 22.8 Å². The van der Waals surface area contributed by atoms with E-state index in [2.05, 4.69) is 10.6 Å². The monoisotopic (exact) mass is 303 g/mol. The van der Waals surface area contributed by atoms with Gasteiger partial charge in [0.05, 0.1) is 0 Å². The van der Waals surface area contributed by atoms with Gasteiger partial charge in [-0.25, -0.2) is 0 Å². The Hall–Kier alpha value is -2.09. The van der Waals surface area contributed by atoms with E-state index in [0.717, 1.165) is 0 Å². The molecule has 0 aliphatic rings. The minimum absolute atomic E-state index is 0.161. The topological polar surface area (TPSA) is 84.2 Å². The maximum Gasteiger partial charge on any atom is 0.415 e. The Balaban J connectivity index is 3.00. The average molecular weight is 303 g/mol. The van der Waals surface area contributed by atoms with Crippen molar-refractivity contribution in [2.75, 3.05) is 12.4 Å². The molecule has 0 radical (unpaired) electrons. The minimum Gasteiger partial charge on any atom is -0.355 e. The number of rotatable bonds is 3. The van der Waals surface area contributed by atoms with Crippen LogP contribution >= 0.6 is 0 Å². The second-order valence-corrected chi connectivity index (χ2v) is 4.76. The summed E-state index contributed by atoms with van der Waals surface area (Å²) in [6.07, 6.45) is -4.87. The van der Waals surface area contributed by atoms with Crippen molar-refractivity contribution in [1.29, 1.82) is 0 Å². The molecule has 2 amide bonds. The summed E-state index contributed by atoms with van der Waals surface area (Å²) in [7, 11) is 1.45. The van der Waals surface area contributed by atoms with Gasteiger partial charge in [0.2, 0.25) is 0 Å². The predicted molar refractivity (Wildman–Crippen MR) is 71.8 cm³/mol. The average Bonchev–Trinajstić information content (AvgIpc) is 2.38. The number of nitrogens with one attached hydrogen (secondary N) is 2. The summed E-state index contributed by atoms with van der Waals surface area (Å²) in [5, 5.41) is 4.54. The molecule has 0 aromatic heterocycles. The van der Waals surface area contributed by atoms with Gasteiger partial charge in [0.15, 0.2) is 5.54 Å². The number of nitrogens with two attached hydrogens (primary N) is 1. The van der Waals surface area contributed by atoms with Crippen LogP contribution in [0.5, 0.6) is 0 Å². The Morgan fingerprint density at radius 3 is 2.24 bits per heavy atom. The van der Waals surface area contributed by atoms with Crippen molar-refractivity contribution in [3.05, 3.63) is 29.3 Å². The number of carbonyl (C=O) groups is 2. The van der Waals surface area contributed by atoms with E-state index < -0.39 is 17.6 Å². The second-order valence-electron chi connectivity index (χ2n) is 4.76. The maximum atomic E-state index is 12.7. The Labute approximate surface area is 119 Å². The molecule has 5 nitrogen and oxygen atoms in total. The molecule has 4 N–H and O–H groups in total. The Kier molecular flexibility index (Phi) is 4.62. The number of hydrogen-bond acceptors (Lipinski definition) is 3.